The lowest BCUT2D eigenvalue weighted by Gasteiger charge is -2.23. The molecule has 1 aliphatic heterocycles. The molecule has 136 valence electrons. The van der Waals surface area contributed by atoms with E-state index in [2.05, 4.69) is 5.32 Å². The van der Waals surface area contributed by atoms with Gasteiger partial charge in [0.05, 0.1) is 4.90 Å². The van der Waals surface area contributed by atoms with Crippen LogP contribution >= 0.6 is 0 Å². The van der Waals surface area contributed by atoms with Gasteiger partial charge in [-0.15, -0.1) is 0 Å². The second-order valence-electron chi connectivity index (χ2n) is 5.70. The highest BCUT2D eigenvalue weighted by Crippen LogP contribution is 2.28. The van der Waals surface area contributed by atoms with Crippen LogP contribution < -0.4 is 5.32 Å². The molecule has 2 aromatic rings. The molecule has 9 heteroatoms. The molecule has 1 fully saturated rings. The van der Waals surface area contributed by atoms with E-state index in [4.69, 9.17) is 0 Å². The summed E-state index contributed by atoms with van der Waals surface area (Å²) < 4.78 is 52.2. The lowest BCUT2D eigenvalue weighted by atomic mass is 10.2. The minimum absolute atomic E-state index is 0.000404. The van der Waals surface area contributed by atoms with Crippen molar-refractivity contribution in [3.63, 3.8) is 0 Å². The average Bonchev–Trinajstić information content (AvgIpc) is 2.98. The van der Waals surface area contributed by atoms with Crippen LogP contribution in [0.15, 0.2) is 53.4 Å². The Morgan fingerprint density at radius 2 is 1.77 bits per heavy atom. The molecule has 0 spiro atoms. The minimum Gasteiger partial charge on any atom is -0.324 e. The van der Waals surface area contributed by atoms with Gasteiger partial charge in [-0.05, 0) is 48.9 Å². The van der Waals surface area contributed by atoms with Gasteiger partial charge in [-0.3, -0.25) is 9.59 Å². The van der Waals surface area contributed by atoms with Crippen LogP contribution in [0, 0.1) is 11.6 Å². The molecule has 1 atom stereocenters. The van der Waals surface area contributed by atoms with Gasteiger partial charge in [-0.2, -0.15) is 0 Å². The third-order valence-corrected chi connectivity index (χ3v) is 5.77. The molecule has 1 heterocycles. The molecular weight excluding hydrogens is 366 g/mol. The second-order valence-corrected chi connectivity index (χ2v) is 7.52. The molecular formula is C17H14F2N2O4S. The van der Waals surface area contributed by atoms with Gasteiger partial charge in [0.2, 0.25) is 11.8 Å². The van der Waals surface area contributed by atoms with E-state index in [1.807, 2.05) is 0 Å². The monoisotopic (exact) mass is 380 g/mol. The van der Waals surface area contributed by atoms with Crippen LogP contribution in [0.5, 0.6) is 0 Å². The van der Waals surface area contributed by atoms with E-state index >= 15 is 0 Å². The van der Waals surface area contributed by atoms with Crippen molar-refractivity contribution in [3.05, 3.63) is 60.2 Å². The van der Waals surface area contributed by atoms with Gasteiger partial charge in [-0.25, -0.2) is 21.5 Å². The van der Waals surface area contributed by atoms with E-state index in [1.54, 1.807) is 0 Å². The SMILES string of the molecule is O=C(Nc1cccc(F)c1)[C@H]1CCC(=O)N1S(=O)(=O)c1ccc(F)cc1. The van der Waals surface area contributed by atoms with E-state index in [1.165, 1.54) is 18.2 Å². The first-order chi connectivity index (χ1) is 12.3. The van der Waals surface area contributed by atoms with Gasteiger partial charge < -0.3 is 5.32 Å². The third-order valence-electron chi connectivity index (χ3n) is 3.93. The van der Waals surface area contributed by atoms with E-state index in [0.29, 0.717) is 4.31 Å². The summed E-state index contributed by atoms with van der Waals surface area (Å²) >= 11 is 0. The van der Waals surface area contributed by atoms with Crippen molar-refractivity contribution in [2.45, 2.75) is 23.8 Å². The molecule has 3 rings (SSSR count). The number of hydrogen-bond donors (Lipinski definition) is 1. The highest BCUT2D eigenvalue weighted by atomic mass is 32.2. The number of rotatable bonds is 4. The quantitative estimate of drug-likeness (QED) is 0.882. The number of anilines is 1. The predicted octanol–water partition coefficient (Wildman–Crippen LogP) is 2.28. The summed E-state index contributed by atoms with van der Waals surface area (Å²) in [6, 6.07) is 7.79. The molecule has 26 heavy (non-hydrogen) atoms. The zero-order valence-corrected chi connectivity index (χ0v) is 14.2. The highest BCUT2D eigenvalue weighted by molar-refractivity contribution is 7.89. The van der Waals surface area contributed by atoms with Gasteiger partial charge in [0.1, 0.15) is 17.7 Å². The molecule has 0 saturated carbocycles. The first kappa shape index (κ1) is 18.0. The molecule has 2 aromatic carbocycles. The Balaban J connectivity index is 1.88. The van der Waals surface area contributed by atoms with E-state index in [0.717, 1.165) is 30.3 Å². The third kappa shape index (κ3) is 3.43. The molecule has 0 bridgehead atoms. The molecule has 1 saturated heterocycles. The number of carbonyl (C=O) groups is 2. The number of amides is 2. The number of nitrogens with zero attached hydrogens (tertiary/aromatic N) is 1. The van der Waals surface area contributed by atoms with E-state index < -0.39 is 39.5 Å². The highest BCUT2D eigenvalue weighted by Gasteiger charge is 2.44. The summed E-state index contributed by atoms with van der Waals surface area (Å²) in [6.45, 7) is 0. The maximum Gasteiger partial charge on any atom is 0.267 e. The summed E-state index contributed by atoms with van der Waals surface area (Å²) in [5.74, 6) is -2.67. The number of carbonyl (C=O) groups excluding carboxylic acids is 2. The number of benzene rings is 2. The Bertz CT molecular complexity index is 961. The molecule has 1 N–H and O–H groups in total. The fourth-order valence-corrected chi connectivity index (χ4v) is 4.32. The average molecular weight is 380 g/mol. The molecule has 0 radical (unpaired) electrons. The van der Waals surface area contributed by atoms with Crippen molar-refractivity contribution in [1.29, 1.82) is 0 Å². The first-order valence-corrected chi connectivity index (χ1v) is 9.12. The molecule has 0 aromatic heterocycles. The van der Waals surface area contributed by atoms with Gasteiger partial charge in [-0.1, -0.05) is 6.07 Å². The van der Waals surface area contributed by atoms with Crippen molar-refractivity contribution in [3.8, 4) is 0 Å². The fourth-order valence-electron chi connectivity index (χ4n) is 2.71. The lowest BCUT2D eigenvalue weighted by molar-refractivity contribution is -0.128. The Kier molecular flexibility index (Phi) is 4.73. The van der Waals surface area contributed by atoms with E-state index in [-0.39, 0.29) is 23.4 Å². The zero-order chi connectivity index (χ0) is 18.9. The van der Waals surface area contributed by atoms with E-state index in [9.17, 15) is 26.8 Å². The number of halogens is 2. The molecule has 2 amide bonds. The zero-order valence-electron chi connectivity index (χ0n) is 13.4. The molecule has 6 nitrogen and oxygen atoms in total. The largest absolute Gasteiger partial charge is 0.324 e. The Hall–Kier alpha value is -2.81. The van der Waals surface area contributed by atoms with Crippen molar-refractivity contribution >= 4 is 27.5 Å². The van der Waals surface area contributed by atoms with Crippen LogP contribution in [-0.4, -0.2) is 30.6 Å². The smallest absolute Gasteiger partial charge is 0.267 e. The topological polar surface area (TPSA) is 83.6 Å². The Morgan fingerprint density at radius 1 is 1.08 bits per heavy atom. The summed E-state index contributed by atoms with van der Waals surface area (Å²) in [5, 5.41) is 2.41. The Labute approximate surface area is 148 Å². The van der Waals surface area contributed by atoms with Crippen molar-refractivity contribution in [2.24, 2.45) is 0 Å². The van der Waals surface area contributed by atoms with Crippen molar-refractivity contribution < 1.29 is 26.8 Å². The van der Waals surface area contributed by atoms with Gasteiger partial charge in [0, 0.05) is 12.1 Å². The van der Waals surface area contributed by atoms with Gasteiger partial charge in [0.25, 0.3) is 10.0 Å². The first-order valence-electron chi connectivity index (χ1n) is 7.68. The van der Waals surface area contributed by atoms with Crippen molar-refractivity contribution in [1.82, 2.24) is 4.31 Å². The molecule has 1 aliphatic rings. The fraction of sp³-hybridized carbons (Fsp3) is 0.176. The number of nitrogens with one attached hydrogen (secondary N) is 1. The van der Waals surface area contributed by atoms with Crippen LogP contribution in [0.25, 0.3) is 0 Å². The normalized spacial score (nSPS) is 17.4. The summed E-state index contributed by atoms with van der Waals surface area (Å²) in [4.78, 5) is 24.3. The Morgan fingerprint density at radius 3 is 2.42 bits per heavy atom. The lowest BCUT2D eigenvalue weighted by Crippen LogP contribution is -2.45. The summed E-state index contributed by atoms with van der Waals surface area (Å²) in [7, 11) is -4.32. The second kappa shape index (κ2) is 6.83. The van der Waals surface area contributed by atoms with Crippen molar-refractivity contribution in [2.75, 3.05) is 5.32 Å². The molecule has 0 unspecified atom stereocenters. The van der Waals surface area contributed by atoms with Gasteiger partial charge >= 0.3 is 0 Å². The number of hydrogen-bond acceptors (Lipinski definition) is 4. The van der Waals surface area contributed by atoms with Crippen LogP contribution in [0.2, 0.25) is 0 Å². The van der Waals surface area contributed by atoms with Crippen LogP contribution in [0.1, 0.15) is 12.8 Å². The van der Waals surface area contributed by atoms with Gasteiger partial charge in [0.15, 0.2) is 0 Å². The maximum atomic E-state index is 13.2. The van der Waals surface area contributed by atoms with Crippen LogP contribution in [0.4, 0.5) is 14.5 Å². The molecule has 0 aliphatic carbocycles. The predicted molar refractivity (Wildman–Crippen MR) is 88.5 cm³/mol. The minimum atomic E-state index is -4.32. The maximum absolute atomic E-state index is 13.2. The van der Waals surface area contributed by atoms with Crippen LogP contribution in [0.3, 0.4) is 0 Å². The van der Waals surface area contributed by atoms with Crippen LogP contribution in [-0.2, 0) is 19.6 Å². The standard InChI is InChI=1S/C17H14F2N2O4S/c18-11-4-6-14(7-5-11)26(24,25)21-15(8-9-16(21)22)17(23)20-13-3-1-2-12(19)10-13/h1-7,10,15H,8-9H2,(H,20,23)/t15-/m1/s1. The number of sulfonamides is 1. The summed E-state index contributed by atoms with van der Waals surface area (Å²) in [5.41, 5.74) is 0.147. The summed E-state index contributed by atoms with van der Waals surface area (Å²) in [6.07, 6.45) is -0.123.